The lowest BCUT2D eigenvalue weighted by molar-refractivity contribution is 0.0678. The molecule has 4 heteroatoms. The van der Waals surface area contributed by atoms with Gasteiger partial charge >= 0.3 is 0 Å². The molecule has 1 saturated carbocycles. The van der Waals surface area contributed by atoms with E-state index in [-0.39, 0.29) is 5.91 Å². The molecule has 1 aromatic heterocycles. The lowest BCUT2D eigenvalue weighted by Gasteiger charge is -2.29. The zero-order valence-corrected chi connectivity index (χ0v) is 13.1. The summed E-state index contributed by atoms with van der Waals surface area (Å²) in [6.07, 6.45) is 10.5. The molecule has 2 aliphatic rings. The summed E-state index contributed by atoms with van der Waals surface area (Å²) in [5.41, 5.74) is 7.39. The van der Waals surface area contributed by atoms with Crippen molar-refractivity contribution < 1.29 is 4.79 Å². The number of nitrogen functional groups attached to an aromatic ring is 1. The molecule has 4 nitrogen and oxygen atoms in total. The number of nitrogens with zero attached hydrogens (tertiary/aromatic N) is 2. The summed E-state index contributed by atoms with van der Waals surface area (Å²) in [4.78, 5) is 15.1. The Bertz CT molecular complexity index is 502. The van der Waals surface area contributed by atoms with Crippen LogP contribution in [-0.2, 0) is 6.54 Å². The molecule has 1 atom stereocenters. The van der Waals surface area contributed by atoms with Gasteiger partial charge in [0.2, 0.25) is 0 Å². The number of carbonyl (C=O) groups is 1. The number of rotatable bonds is 4. The fraction of sp³-hybridized carbons (Fsp3) is 0.706. The molecule has 1 aromatic rings. The maximum Gasteiger partial charge on any atom is 0.270 e. The van der Waals surface area contributed by atoms with Crippen LogP contribution in [0.25, 0.3) is 0 Å². The van der Waals surface area contributed by atoms with Crippen molar-refractivity contribution in [2.45, 2.75) is 64.5 Å². The molecule has 0 bridgehead atoms. The van der Waals surface area contributed by atoms with Crippen LogP contribution in [-0.4, -0.2) is 28.0 Å². The first kappa shape index (κ1) is 14.5. The monoisotopic (exact) mass is 289 g/mol. The van der Waals surface area contributed by atoms with Crippen LogP contribution in [0, 0.1) is 5.92 Å². The average molecular weight is 289 g/mol. The van der Waals surface area contributed by atoms with Crippen molar-refractivity contribution >= 4 is 11.6 Å². The van der Waals surface area contributed by atoms with Crippen molar-refractivity contribution in [3.8, 4) is 0 Å². The number of anilines is 1. The molecule has 2 fully saturated rings. The van der Waals surface area contributed by atoms with Gasteiger partial charge in [0.05, 0.1) is 5.69 Å². The average Bonchev–Trinajstić information content (AvgIpc) is 3.17. The molecule has 3 rings (SSSR count). The predicted molar refractivity (Wildman–Crippen MR) is 85.2 cm³/mol. The number of hydrogen-bond acceptors (Lipinski definition) is 2. The zero-order valence-electron chi connectivity index (χ0n) is 13.1. The molecular weight excluding hydrogens is 262 g/mol. The van der Waals surface area contributed by atoms with Crippen molar-refractivity contribution in [3.63, 3.8) is 0 Å². The highest BCUT2D eigenvalue weighted by molar-refractivity contribution is 5.94. The second-order valence-electron chi connectivity index (χ2n) is 6.60. The molecule has 1 unspecified atom stereocenters. The summed E-state index contributed by atoms with van der Waals surface area (Å²) in [5, 5.41) is 0. The highest BCUT2D eigenvalue weighted by atomic mass is 16.2. The lowest BCUT2D eigenvalue weighted by atomic mass is 9.96. The third-order valence-electron chi connectivity index (χ3n) is 5.11. The van der Waals surface area contributed by atoms with Crippen LogP contribution < -0.4 is 5.73 Å². The number of carbonyl (C=O) groups excluding carboxylic acids is 1. The Labute approximate surface area is 127 Å². The summed E-state index contributed by atoms with van der Waals surface area (Å²) in [5.74, 6) is 0.915. The molecular formula is C17H27N3O. The molecule has 1 amide bonds. The number of hydrogen-bond donors (Lipinski definition) is 1. The maximum absolute atomic E-state index is 13.0. The van der Waals surface area contributed by atoms with Gasteiger partial charge in [0.15, 0.2) is 0 Å². The van der Waals surface area contributed by atoms with Crippen molar-refractivity contribution in [3.05, 3.63) is 18.0 Å². The van der Waals surface area contributed by atoms with E-state index in [9.17, 15) is 4.79 Å². The van der Waals surface area contributed by atoms with Gasteiger partial charge in [-0.25, -0.2) is 0 Å². The van der Waals surface area contributed by atoms with Crippen LogP contribution in [0.3, 0.4) is 0 Å². The minimum absolute atomic E-state index is 0.189. The Hall–Kier alpha value is -1.45. The van der Waals surface area contributed by atoms with Gasteiger partial charge in [-0.05, 0) is 44.1 Å². The summed E-state index contributed by atoms with van der Waals surface area (Å²) in [7, 11) is 0. The van der Waals surface area contributed by atoms with Crippen molar-refractivity contribution in [2.24, 2.45) is 5.92 Å². The summed E-state index contributed by atoms with van der Waals surface area (Å²) in [6, 6.07) is 2.31. The van der Waals surface area contributed by atoms with Crippen LogP contribution in [0.1, 0.15) is 62.4 Å². The molecule has 1 aliphatic carbocycles. The number of aryl methyl sites for hydroxylation is 1. The quantitative estimate of drug-likeness (QED) is 0.925. The molecule has 0 aromatic carbocycles. The van der Waals surface area contributed by atoms with Gasteiger partial charge < -0.3 is 15.2 Å². The molecule has 0 radical (unpaired) electrons. The molecule has 2 heterocycles. The second kappa shape index (κ2) is 6.12. The zero-order chi connectivity index (χ0) is 14.8. The Morgan fingerprint density at radius 3 is 2.76 bits per heavy atom. The molecule has 1 saturated heterocycles. The van der Waals surface area contributed by atoms with E-state index in [1.165, 1.54) is 32.1 Å². The first-order valence-corrected chi connectivity index (χ1v) is 8.47. The van der Waals surface area contributed by atoms with Gasteiger partial charge in [0.1, 0.15) is 5.69 Å². The van der Waals surface area contributed by atoms with Crippen molar-refractivity contribution in [1.29, 1.82) is 0 Å². The second-order valence-corrected chi connectivity index (χ2v) is 6.60. The van der Waals surface area contributed by atoms with E-state index in [0.717, 1.165) is 37.5 Å². The third-order valence-corrected chi connectivity index (χ3v) is 5.11. The van der Waals surface area contributed by atoms with Crippen molar-refractivity contribution in [1.82, 2.24) is 9.47 Å². The van der Waals surface area contributed by atoms with E-state index in [1.807, 2.05) is 16.8 Å². The van der Waals surface area contributed by atoms with Crippen LogP contribution in [0.5, 0.6) is 0 Å². The van der Waals surface area contributed by atoms with E-state index >= 15 is 0 Å². The van der Waals surface area contributed by atoms with E-state index in [2.05, 4.69) is 11.8 Å². The first-order valence-electron chi connectivity index (χ1n) is 8.47. The van der Waals surface area contributed by atoms with Gasteiger partial charge in [0, 0.05) is 25.3 Å². The van der Waals surface area contributed by atoms with E-state index in [1.54, 1.807) is 0 Å². The Balaban J connectivity index is 1.80. The Kier molecular flexibility index (Phi) is 4.22. The Morgan fingerprint density at radius 1 is 1.29 bits per heavy atom. The van der Waals surface area contributed by atoms with Gasteiger partial charge in [-0.1, -0.05) is 19.8 Å². The van der Waals surface area contributed by atoms with Gasteiger partial charge in [-0.15, -0.1) is 0 Å². The third kappa shape index (κ3) is 2.81. The fourth-order valence-corrected chi connectivity index (χ4v) is 4.16. The largest absolute Gasteiger partial charge is 0.397 e. The predicted octanol–water partition coefficient (Wildman–Crippen LogP) is 3.28. The lowest BCUT2D eigenvalue weighted by Crippen LogP contribution is -2.40. The molecule has 1 aliphatic heterocycles. The highest BCUT2D eigenvalue weighted by Crippen LogP contribution is 2.36. The minimum atomic E-state index is 0.189. The number of aromatic nitrogens is 1. The maximum atomic E-state index is 13.0. The molecule has 21 heavy (non-hydrogen) atoms. The van der Waals surface area contributed by atoms with Crippen LogP contribution in [0.4, 0.5) is 5.69 Å². The highest BCUT2D eigenvalue weighted by Gasteiger charge is 2.36. The van der Waals surface area contributed by atoms with Crippen LogP contribution in [0.15, 0.2) is 12.3 Å². The molecule has 116 valence electrons. The van der Waals surface area contributed by atoms with Gasteiger partial charge in [-0.2, -0.15) is 0 Å². The van der Waals surface area contributed by atoms with Gasteiger partial charge in [0.25, 0.3) is 5.91 Å². The SMILES string of the molecule is CCCn1cc(N)cc1C(=O)N1CCCC1C1CCCC1. The number of nitrogens with two attached hydrogens (primary N) is 1. The topological polar surface area (TPSA) is 51.3 Å². The van der Waals surface area contributed by atoms with Crippen LogP contribution in [0.2, 0.25) is 0 Å². The standard InChI is InChI=1S/C17H27N3O/c1-2-9-19-12-14(18)11-16(19)17(21)20-10-5-8-15(20)13-6-3-4-7-13/h11-13,15H,2-10,18H2,1H3. The summed E-state index contributed by atoms with van der Waals surface area (Å²) in [6.45, 7) is 3.90. The number of likely N-dealkylation sites (tertiary alicyclic amines) is 1. The summed E-state index contributed by atoms with van der Waals surface area (Å²) < 4.78 is 2.03. The van der Waals surface area contributed by atoms with E-state index in [0.29, 0.717) is 11.7 Å². The fourth-order valence-electron chi connectivity index (χ4n) is 4.16. The molecule has 0 spiro atoms. The van der Waals surface area contributed by atoms with E-state index < -0.39 is 0 Å². The normalized spacial score (nSPS) is 23.1. The number of amides is 1. The summed E-state index contributed by atoms with van der Waals surface area (Å²) >= 11 is 0. The van der Waals surface area contributed by atoms with E-state index in [4.69, 9.17) is 5.73 Å². The first-order chi connectivity index (χ1) is 10.2. The smallest absolute Gasteiger partial charge is 0.270 e. The molecule has 2 N–H and O–H groups in total. The van der Waals surface area contributed by atoms with Crippen molar-refractivity contribution in [2.75, 3.05) is 12.3 Å². The minimum Gasteiger partial charge on any atom is -0.397 e. The Morgan fingerprint density at radius 2 is 2.05 bits per heavy atom. The van der Waals surface area contributed by atoms with Gasteiger partial charge in [-0.3, -0.25) is 4.79 Å². The van der Waals surface area contributed by atoms with Crippen LogP contribution >= 0.6 is 0 Å².